The van der Waals surface area contributed by atoms with Gasteiger partial charge in [0.15, 0.2) is 0 Å². The minimum atomic E-state index is 0.245. The summed E-state index contributed by atoms with van der Waals surface area (Å²) in [7, 11) is 2.04. The van der Waals surface area contributed by atoms with E-state index in [1.807, 2.05) is 7.05 Å². The van der Waals surface area contributed by atoms with Crippen LogP contribution >= 0.6 is 38.5 Å². The molecule has 1 saturated carbocycles. The van der Waals surface area contributed by atoms with Crippen LogP contribution in [-0.2, 0) is 0 Å². The monoisotopic (exact) mass is 455 g/mol. The second kappa shape index (κ2) is 6.80. The van der Waals surface area contributed by atoms with Crippen LogP contribution in [0.25, 0.3) is 0 Å². The largest absolute Gasteiger partial charge is 0.309 e. The number of hydrogen-bond donors (Lipinski definition) is 1. The summed E-state index contributed by atoms with van der Waals surface area (Å²) >= 11 is 6.02. The third-order valence-corrected chi connectivity index (χ3v) is 5.85. The molecule has 1 aliphatic carbocycles. The van der Waals surface area contributed by atoms with Gasteiger partial charge in [-0.1, -0.05) is 46.6 Å². The van der Waals surface area contributed by atoms with Crippen molar-refractivity contribution < 1.29 is 0 Å². The molecule has 0 amide bonds. The highest BCUT2D eigenvalue weighted by molar-refractivity contribution is 14.1. The second-order valence-electron chi connectivity index (χ2n) is 5.69. The van der Waals surface area contributed by atoms with Crippen molar-refractivity contribution in [2.24, 2.45) is 0 Å². The predicted octanol–water partition coefficient (Wildman–Crippen LogP) is 5.63. The van der Waals surface area contributed by atoms with Crippen LogP contribution in [0.1, 0.15) is 47.9 Å². The van der Waals surface area contributed by atoms with Gasteiger partial charge < -0.3 is 5.32 Å². The number of halogens is 2. The fourth-order valence-electron chi connectivity index (χ4n) is 2.97. The molecule has 3 rings (SSSR count). The van der Waals surface area contributed by atoms with Gasteiger partial charge in [-0.25, -0.2) is 0 Å². The molecule has 0 aliphatic heterocycles. The van der Waals surface area contributed by atoms with E-state index in [0.717, 1.165) is 10.4 Å². The average molecular weight is 456 g/mol. The molecule has 21 heavy (non-hydrogen) atoms. The molecule has 1 nitrogen and oxygen atoms in total. The van der Waals surface area contributed by atoms with Crippen molar-refractivity contribution in [3.63, 3.8) is 0 Å². The summed E-state index contributed by atoms with van der Waals surface area (Å²) in [6, 6.07) is 15.9. The number of hydrogen-bond acceptors (Lipinski definition) is 1. The van der Waals surface area contributed by atoms with Gasteiger partial charge in [0, 0.05) is 8.04 Å². The zero-order chi connectivity index (χ0) is 14.8. The number of benzene rings is 2. The van der Waals surface area contributed by atoms with E-state index < -0.39 is 0 Å². The Labute approximate surface area is 148 Å². The Bertz CT molecular complexity index is 637. The van der Waals surface area contributed by atoms with Crippen LogP contribution in [0.2, 0.25) is 0 Å². The molecular weight excluding hydrogens is 437 g/mol. The summed E-state index contributed by atoms with van der Waals surface area (Å²) in [6.45, 7) is 0. The SMILES string of the molecule is CNC(c1cccc(C2CCC2)c1)c1cc(Br)ccc1I. The van der Waals surface area contributed by atoms with Crippen LogP contribution in [-0.4, -0.2) is 7.05 Å². The molecule has 0 spiro atoms. The third-order valence-electron chi connectivity index (χ3n) is 4.38. The molecule has 0 bridgehead atoms. The topological polar surface area (TPSA) is 12.0 Å². The maximum atomic E-state index is 3.59. The summed E-state index contributed by atoms with van der Waals surface area (Å²) in [5.74, 6) is 0.782. The number of rotatable bonds is 4. The van der Waals surface area contributed by atoms with Crippen molar-refractivity contribution in [2.45, 2.75) is 31.2 Å². The first-order chi connectivity index (χ1) is 10.2. The highest BCUT2D eigenvalue weighted by atomic mass is 127. The van der Waals surface area contributed by atoms with Crippen molar-refractivity contribution in [3.05, 3.63) is 67.2 Å². The van der Waals surface area contributed by atoms with Gasteiger partial charge in [-0.15, -0.1) is 0 Å². The molecule has 1 atom stereocenters. The van der Waals surface area contributed by atoms with E-state index in [4.69, 9.17) is 0 Å². The fourth-order valence-corrected chi connectivity index (χ4v) is 4.00. The summed E-state index contributed by atoms with van der Waals surface area (Å²) in [5.41, 5.74) is 4.19. The van der Waals surface area contributed by atoms with E-state index in [1.54, 1.807) is 0 Å². The molecule has 110 valence electrons. The molecule has 2 aromatic carbocycles. The summed E-state index contributed by atoms with van der Waals surface area (Å²) < 4.78 is 2.43. The van der Waals surface area contributed by atoms with Crippen molar-refractivity contribution in [1.82, 2.24) is 5.32 Å². The van der Waals surface area contributed by atoms with Gasteiger partial charge in [0.05, 0.1) is 6.04 Å². The van der Waals surface area contributed by atoms with Crippen molar-refractivity contribution >= 4 is 38.5 Å². The molecule has 1 fully saturated rings. The molecule has 2 aromatic rings. The van der Waals surface area contributed by atoms with Gasteiger partial charge in [0.1, 0.15) is 0 Å². The molecule has 0 heterocycles. The first kappa shape index (κ1) is 15.5. The molecule has 1 N–H and O–H groups in total. The normalized spacial score (nSPS) is 16.5. The van der Waals surface area contributed by atoms with E-state index in [2.05, 4.69) is 86.3 Å². The van der Waals surface area contributed by atoms with Gasteiger partial charge in [-0.2, -0.15) is 0 Å². The Kier molecular flexibility index (Phi) is 5.02. The molecular formula is C18H19BrIN. The summed E-state index contributed by atoms with van der Waals surface area (Å²) in [6.07, 6.45) is 4.08. The smallest absolute Gasteiger partial charge is 0.0585 e. The molecule has 0 radical (unpaired) electrons. The molecule has 1 aliphatic rings. The maximum absolute atomic E-state index is 3.59. The highest BCUT2D eigenvalue weighted by Gasteiger charge is 2.21. The Balaban J connectivity index is 1.97. The van der Waals surface area contributed by atoms with E-state index in [-0.39, 0.29) is 6.04 Å². The molecule has 1 unspecified atom stereocenters. The standard InChI is InChI=1S/C18H19BrIN/c1-21-18(16-11-15(19)8-9-17(16)20)14-7-3-6-13(10-14)12-4-2-5-12/h3,6-12,18,21H,2,4-5H2,1H3. The second-order valence-corrected chi connectivity index (χ2v) is 7.76. The van der Waals surface area contributed by atoms with Crippen LogP contribution in [0.3, 0.4) is 0 Å². The Morgan fingerprint density at radius 3 is 2.67 bits per heavy atom. The van der Waals surface area contributed by atoms with Crippen LogP contribution in [0.4, 0.5) is 0 Å². The summed E-state index contributed by atoms with van der Waals surface area (Å²) in [4.78, 5) is 0. The van der Waals surface area contributed by atoms with Gasteiger partial charge in [-0.3, -0.25) is 0 Å². The van der Waals surface area contributed by atoms with Gasteiger partial charge in [0.25, 0.3) is 0 Å². The number of nitrogens with one attached hydrogen (secondary N) is 1. The highest BCUT2D eigenvalue weighted by Crippen LogP contribution is 2.38. The van der Waals surface area contributed by atoms with Gasteiger partial charge >= 0.3 is 0 Å². The quantitative estimate of drug-likeness (QED) is 0.589. The lowest BCUT2D eigenvalue weighted by atomic mass is 9.79. The Morgan fingerprint density at radius 2 is 2.00 bits per heavy atom. The first-order valence-electron chi connectivity index (χ1n) is 7.41. The zero-order valence-electron chi connectivity index (χ0n) is 12.1. The lowest BCUT2D eigenvalue weighted by molar-refractivity contribution is 0.419. The molecule has 3 heteroatoms. The van der Waals surface area contributed by atoms with Crippen molar-refractivity contribution in [3.8, 4) is 0 Å². The van der Waals surface area contributed by atoms with Crippen LogP contribution in [0, 0.1) is 3.57 Å². The zero-order valence-corrected chi connectivity index (χ0v) is 15.8. The maximum Gasteiger partial charge on any atom is 0.0585 e. The van der Waals surface area contributed by atoms with Crippen LogP contribution in [0.15, 0.2) is 46.9 Å². The van der Waals surface area contributed by atoms with Crippen molar-refractivity contribution in [2.75, 3.05) is 7.05 Å². The lowest BCUT2D eigenvalue weighted by Crippen LogP contribution is -2.19. The van der Waals surface area contributed by atoms with Crippen LogP contribution < -0.4 is 5.32 Å². The third kappa shape index (κ3) is 3.35. The molecule has 0 saturated heterocycles. The Hall–Kier alpha value is -0.390. The van der Waals surface area contributed by atoms with Gasteiger partial charge in [-0.05, 0) is 83.3 Å². The van der Waals surface area contributed by atoms with E-state index in [9.17, 15) is 0 Å². The minimum Gasteiger partial charge on any atom is -0.309 e. The average Bonchev–Trinajstić information content (AvgIpc) is 2.42. The van der Waals surface area contributed by atoms with Crippen LogP contribution in [0.5, 0.6) is 0 Å². The fraction of sp³-hybridized carbons (Fsp3) is 0.333. The van der Waals surface area contributed by atoms with E-state index >= 15 is 0 Å². The molecule has 0 aromatic heterocycles. The Morgan fingerprint density at radius 1 is 1.19 bits per heavy atom. The van der Waals surface area contributed by atoms with Gasteiger partial charge in [0.2, 0.25) is 0 Å². The van der Waals surface area contributed by atoms with E-state index in [0.29, 0.717) is 0 Å². The predicted molar refractivity (Wildman–Crippen MR) is 101 cm³/mol. The van der Waals surface area contributed by atoms with Crippen molar-refractivity contribution in [1.29, 1.82) is 0 Å². The van der Waals surface area contributed by atoms with E-state index in [1.165, 1.54) is 39.5 Å². The first-order valence-corrected chi connectivity index (χ1v) is 9.28. The lowest BCUT2D eigenvalue weighted by Gasteiger charge is -2.27. The summed E-state index contributed by atoms with van der Waals surface area (Å²) in [5, 5.41) is 3.48. The minimum absolute atomic E-state index is 0.245.